The van der Waals surface area contributed by atoms with Gasteiger partial charge in [0.25, 0.3) is 0 Å². The zero-order valence-corrected chi connectivity index (χ0v) is 12.5. The van der Waals surface area contributed by atoms with Crippen molar-refractivity contribution in [1.29, 1.82) is 0 Å². The highest BCUT2D eigenvalue weighted by Crippen LogP contribution is 2.14. The van der Waals surface area contributed by atoms with Crippen LogP contribution >= 0.6 is 11.8 Å². The maximum atomic E-state index is 11.7. The summed E-state index contributed by atoms with van der Waals surface area (Å²) in [7, 11) is 0. The van der Waals surface area contributed by atoms with Gasteiger partial charge in [0, 0.05) is 11.4 Å². The lowest BCUT2D eigenvalue weighted by Crippen LogP contribution is -2.32. The van der Waals surface area contributed by atoms with Gasteiger partial charge < -0.3 is 20.2 Å². The summed E-state index contributed by atoms with van der Waals surface area (Å²) >= 11 is 1.75. The monoisotopic (exact) mass is 306 g/mol. The summed E-state index contributed by atoms with van der Waals surface area (Å²) in [6.45, 7) is 0.0872. The van der Waals surface area contributed by atoms with E-state index in [4.69, 9.17) is 4.42 Å². The number of amides is 2. The summed E-state index contributed by atoms with van der Waals surface area (Å²) in [5.74, 6) is 1.37. The summed E-state index contributed by atoms with van der Waals surface area (Å²) in [4.78, 5) is 11.7. The first-order chi connectivity index (χ1) is 10.2. The highest BCUT2D eigenvalue weighted by molar-refractivity contribution is 7.97. The minimum atomic E-state index is -0.852. The average Bonchev–Trinajstić information content (AvgIpc) is 3.01. The lowest BCUT2D eigenvalue weighted by atomic mass is 10.2. The smallest absolute Gasteiger partial charge is 0.319 e. The second kappa shape index (κ2) is 7.75. The summed E-state index contributed by atoms with van der Waals surface area (Å²) in [6, 6.07) is 10.7. The Morgan fingerprint density at radius 1 is 1.33 bits per heavy atom. The van der Waals surface area contributed by atoms with E-state index < -0.39 is 6.10 Å². The van der Waals surface area contributed by atoms with Gasteiger partial charge in [-0.1, -0.05) is 12.1 Å². The van der Waals surface area contributed by atoms with Gasteiger partial charge >= 0.3 is 6.03 Å². The van der Waals surface area contributed by atoms with Crippen LogP contribution in [0.4, 0.5) is 10.5 Å². The molecule has 0 saturated heterocycles. The summed E-state index contributed by atoms with van der Waals surface area (Å²) in [5.41, 5.74) is 1.92. The van der Waals surface area contributed by atoms with Crippen LogP contribution in [0.5, 0.6) is 0 Å². The van der Waals surface area contributed by atoms with Crippen molar-refractivity contribution in [2.75, 3.05) is 18.1 Å². The van der Waals surface area contributed by atoms with E-state index in [2.05, 4.69) is 10.6 Å². The number of anilines is 1. The fraction of sp³-hybridized carbons (Fsp3) is 0.267. The number of furan rings is 1. The molecule has 1 atom stereocenters. The van der Waals surface area contributed by atoms with Crippen LogP contribution < -0.4 is 10.6 Å². The molecule has 0 saturated carbocycles. The molecule has 2 aromatic rings. The summed E-state index contributed by atoms with van der Waals surface area (Å²) < 4.78 is 5.06. The zero-order valence-electron chi connectivity index (χ0n) is 11.7. The molecule has 112 valence electrons. The quantitative estimate of drug-likeness (QED) is 0.767. The zero-order chi connectivity index (χ0) is 15.1. The number of rotatable bonds is 6. The Kier molecular flexibility index (Phi) is 5.71. The van der Waals surface area contributed by atoms with Crippen molar-refractivity contribution in [2.24, 2.45) is 0 Å². The Morgan fingerprint density at radius 3 is 2.71 bits per heavy atom. The van der Waals surface area contributed by atoms with Gasteiger partial charge in [0.15, 0.2) is 0 Å². The van der Waals surface area contributed by atoms with Gasteiger partial charge in [0.05, 0.1) is 12.8 Å². The largest absolute Gasteiger partial charge is 0.467 e. The van der Waals surface area contributed by atoms with Crippen molar-refractivity contribution in [3.05, 3.63) is 54.0 Å². The first-order valence-corrected chi connectivity index (χ1v) is 7.92. The fourth-order valence-corrected chi connectivity index (χ4v) is 2.32. The first-order valence-electron chi connectivity index (χ1n) is 6.53. The molecule has 1 aromatic heterocycles. The third-order valence-corrected chi connectivity index (χ3v) is 3.47. The Hall–Kier alpha value is -1.92. The average molecular weight is 306 g/mol. The van der Waals surface area contributed by atoms with Crippen molar-refractivity contribution in [3.8, 4) is 0 Å². The predicted octanol–water partition coefficient (Wildman–Crippen LogP) is 3.00. The predicted molar refractivity (Wildman–Crippen MR) is 84.4 cm³/mol. The molecule has 0 aliphatic heterocycles. The topological polar surface area (TPSA) is 74.5 Å². The van der Waals surface area contributed by atoms with Gasteiger partial charge in [0.1, 0.15) is 11.9 Å². The molecule has 2 amide bonds. The molecular weight excluding hydrogens is 288 g/mol. The lowest BCUT2D eigenvalue weighted by molar-refractivity contribution is 0.149. The van der Waals surface area contributed by atoms with E-state index in [1.165, 1.54) is 11.8 Å². The molecule has 6 heteroatoms. The number of nitrogens with one attached hydrogen (secondary N) is 2. The number of carbonyl (C=O) groups excluding carboxylic acids is 1. The highest BCUT2D eigenvalue weighted by Gasteiger charge is 2.11. The van der Waals surface area contributed by atoms with Gasteiger partial charge in [0.2, 0.25) is 0 Å². The first kappa shape index (κ1) is 15.5. The van der Waals surface area contributed by atoms with E-state index in [-0.39, 0.29) is 12.6 Å². The van der Waals surface area contributed by atoms with Crippen LogP contribution in [0.1, 0.15) is 17.4 Å². The normalized spacial score (nSPS) is 11.9. The van der Waals surface area contributed by atoms with Crippen molar-refractivity contribution in [3.63, 3.8) is 0 Å². The van der Waals surface area contributed by atoms with Gasteiger partial charge in [-0.3, -0.25) is 0 Å². The number of aliphatic hydroxyl groups is 1. The van der Waals surface area contributed by atoms with E-state index in [0.717, 1.165) is 5.75 Å². The summed E-state index contributed by atoms with van der Waals surface area (Å²) in [5, 5.41) is 15.1. The number of urea groups is 1. The Balaban J connectivity index is 1.78. The SMILES string of the molecule is CSCc1ccc(NC(=O)NCC(O)c2ccco2)cc1. The van der Waals surface area contributed by atoms with Gasteiger partial charge in [-0.05, 0) is 36.1 Å². The van der Waals surface area contributed by atoms with Crippen molar-refractivity contribution >= 4 is 23.5 Å². The Labute approximate surface area is 127 Å². The van der Waals surface area contributed by atoms with Crippen LogP contribution in [0.3, 0.4) is 0 Å². The maximum absolute atomic E-state index is 11.7. The molecule has 2 rings (SSSR count). The van der Waals surface area contributed by atoms with Crippen molar-refractivity contribution in [2.45, 2.75) is 11.9 Å². The molecule has 0 radical (unpaired) electrons. The van der Waals surface area contributed by atoms with Gasteiger partial charge in [-0.25, -0.2) is 4.79 Å². The molecule has 0 aliphatic carbocycles. The Morgan fingerprint density at radius 2 is 2.10 bits per heavy atom. The molecule has 3 N–H and O–H groups in total. The Bertz CT molecular complexity index is 555. The third kappa shape index (κ3) is 4.84. The molecule has 1 unspecified atom stereocenters. The van der Waals surface area contributed by atoms with Crippen LogP contribution in [-0.4, -0.2) is 23.9 Å². The van der Waals surface area contributed by atoms with Crippen LogP contribution in [0.15, 0.2) is 47.1 Å². The van der Waals surface area contributed by atoms with E-state index in [0.29, 0.717) is 11.4 Å². The number of hydrogen-bond acceptors (Lipinski definition) is 4. The summed E-state index contributed by atoms with van der Waals surface area (Å²) in [6.07, 6.45) is 2.67. The van der Waals surface area contributed by atoms with E-state index >= 15 is 0 Å². The number of benzene rings is 1. The van der Waals surface area contributed by atoms with Gasteiger partial charge in [-0.2, -0.15) is 11.8 Å². The van der Waals surface area contributed by atoms with Crippen molar-refractivity contribution < 1.29 is 14.3 Å². The molecule has 1 aromatic carbocycles. The highest BCUT2D eigenvalue weighted by atomic mass is 32.2. The molecule has 0 bridgehead atoms. The number of hydrogen-bond donors (Lipinski definition) is 3. The minimum Gasteiger partial charge on any atom is -0.467 e. The van der Waals surface area contributed by atoms with Crippen molar-refractivity contribution in [1.82, 2.24) is 5.32 Å². The maximum Gasteiger partial charge on any atom is 0.319 e. The molecule has 0 aliphatic rings. The standard InChI is InChI=1S/C15H18N2O3S/c1-21-10-11-4-6-12(7-5-11)17-15(19)16-9-13(18)14-3-2-8-20-14/h2-8,13,18H,9-10H2,1H3,(H2,16,17,19). The van der Waals surface area contributed by atoms with E-state index in [9.17, 15) is 9.90 Å². The fourth-order valence-electron chi connectivity index (χ4n) is 1.80. The molecule has 5 nitrogen and oxygen atoms in total. The lowest BCUT2D eigenvalue weighted by Gasteiger charge is -2.11. The molecular formula is C15H18N2O3S. The van der Waals surface area contributed by atoms with E-state index in [1.807, 2.05) is 30.5 Å². The number of thioether (sulfide) groups is 1. The second-order valence-corrected chi connectivity index (χ2v) is 5.36. The molecule has 1 heterocycles. The van der Waals surface area contributed by atoms with Gasteiger partial charge in [-0.15, -0.1) is 0 Å². The van der Waals surface area contributed by atoms with Crippen LogP contribution in [0.2, 0.25) is 0 Å². The second-order valence-electron chi connectivity index (χ2n) is 4.50. The van der Waals surface area contributed by atoms with E-state index in [1.54, 1.807) is 23.9 Å². The molecule has 0 fully saturated rings. The molecule has 0 spiro atoms. The number of aliphatic hydroxyl groups excluding tert-OH is 1. The van der Waals surface area contributed by atoms with Crippen LogP contribution in [-0.2, 0) is 5.75 Å². The third-order valence-electron chi connectivity index (χ3n) is 2.85. The van der Waals surface area contributed by atoms with Crippen LogP contribution in [0, 0.1) is 0 Å². The molecule has 21 heavy (non-hydrogen) atoms. The van der Waals surface area contributed by atoms with Crippen LogP contribution in [0.25, 0.3) is 0 Å². The minimum absolute atomic E-state index is 0.0872. The number of carbonyl (C=O) groups is 1.